The molecule has 0 fully saturated rings. The zero-order chi connectivity index (χ0) is 17.1. The lowest BCUT2D eigenvalue weighted by molar-refractivity contribution is 0.0725. The van der Waals surface area contributed by atoms with Gasteiger partial charge >= 0.3 is 8.80 Å². The highest BCUT2D eigenvalue weighted by molar-refractivity contribution is 6.60. The summed E-state index contributed by atoms with van der Waals surface area (Å²) < 4.78 is 16.7. The molecular formula is C18H36O3Si. The van der Waals surface area contributed by atoms with Crippen LogP contribution in [-0.4, -0.2) is 28.6 Å². The summed E-state index contributed by atoms with van der Waals surface area (Å²) in [4.78, 5) is 0. The van der Waals surface area contributed by atoms with Crippen LogP contribution in [0.2, 0.25) is 6.04 Å². The molecular weight excluding hydrogens is 292 g/mol. The van der Waals surface area contributed by atoms with Gasteiger partial charge in [0.05, 0.1) is 0 Å². The largest absolute Gasteiger partial charge is 0.500 e. The third-order valence-corrected chi connectivity index (χ3v) is 5.74. The van der Waals surface area contributed by atoms with E-state index in [2.05, 4.69) is 13.8 Å². The quantitative estimate of drug-likeness (QED) is 0.586. The molecule has 0 aromatic heterocycles. The topological polar surface area (TPSA) is 27.7 Å². The minimum absolute atomic E-state index is 0.667. The predicted molar refractivity (Wildman–Crippen MR) is 98.1 cm³/mol. The van der Waals surface area contributed by atoms with Crippen molar-refractivity contribution >= 4 is 8.80 Å². The number of rotatable bonds is 8. The summed E-state index contributed by atoms with van der Waals surface area (Å²) in [6.07, 6.45) is 2.64. The van der Waals surface area contributed by atoms with E-state index in [0.29, 0.717) is 19.8 Å². The van der Waals surface area contributed by atoms with E-state index in [0.717, 1.165) is 6.04 Å². The van der Waals surface area contributed by atoms with Gasteiger partial charge in [0.15, 0.2) is 0 Å². The van der Waals surface area contributed by atoms with Gasteiger partial charge in [-0.2, -0.15) is 0 Å². The normalized spacial score (nSPS) is 10.1. The summed E-state index contributed by atoms with van der Waals surface area (Å²) >= 11 is 0. The highest BCUT2D eigenvalue weighted by Gasteiger charge is 2.37. The Kier molecular flexibility index (Phi) is 19.7. The fourth-order valence-electron chi connectivity index (χ4n) is 1.48. The molecule has 0 N–H and O–H groups in total. The van der Waals surface area contributed by atoms with Crippen molar-refractivity contribution < 1.29 is 13.3 Å². The lowest BCUT2D eigenvalue weighted by atomic mass is 10.4. The lowest BCUT2D eigenvalue weighted by Gasteiger charge is -2.26. The molecule has 4 heteroatoms. The van der Waals surface area contributed by atoms with Gasteiger partial charge in [0.2, 0.25) is 0 Å². The Labute approximate surface area is 139 Å². The average Bonchev–Trinajstić information content (AvgIpc) is 2.58. The van der Waals surface area contributed by atoms with E-state index in [9.17, 15) is 0 Å². The first-order chi connectivity index (χ1) is 10.7. The summed E-state index contributed by atoms with van der Waals surface area (Å²) in [7, 11) is -2.27. The van der Waals surface area contributed by atoms with Gasteiger partial charge in [-0.15, -0.1) is 0 Å². The molecule has 0 saturated heterocycles. The summed E-state index contributed by atoms with van der Waals surface area (Å²) in [5.41, 5.74) is 0. The van der Waals surface area contributed by atoms with E-state index in [1.807, 2.05) is 64.1 Å². The van der Waals surface area contributed by atoms with Crippen molar-refractivity contribution in [3.05, 3.63) is 36.4 Å². The Morgan fingerprint density at radius 2 is 0.818 bits per heavy atom. The van der Waals surface area contributed by atoms with Crippen LogP contribution in [0.15, 0.2) is 36.4 Å². The molecule has 0 heterocycles. The van der Waals surface area contributed by atoms with Crippen LogP contribution in [0.1, 0.15) is 54.4 Å². The third kappa shape index (κ3) is 14.3. The smallest absolute Gasteiger partial charge is 0.374 e. The SMILES string of the molecule is CCCC.CCO[Si](CC)(OCC)OCC.c1ccccc1. The van der Waals surface area contributed by atoms with Crippen LogP contribution >= 0.6 is 0 Å². The first-order valence-corrected chi connectivity index (χ1v) is 10.5. The Hall–Kier alpha value is -0.683. The van der Waals surface area contributed by atoms with Gasteiger partial charge in [-0.3, -0.25) is 0 Å². The molecule has 0 aliphatic carbocycles. The minimum atomic E-state index is -2.27. The standard InChI is InChI=1S/C8H20O3Si.C6H6.C4H10/c1-5-9-12(8-4,10-6-2)11-7-3;1-2-4-6-5-3-1;1-3-4-2/h5-8H2,1-4H3;1-6H;3-4H2,1-2H3. The Bertz CT molecular complexity index is 248. The molecule has 0 aliphatic rings. The number of benzene rings is 1. The maximum atomic E-state index is 5.55. The van der Waals surface area contributed by atoms with E-state index in [1.54, 1.807) is 0 Å². The highest BCUT2D eigenvalue weighted by Crippen LogP contribution is 2.14. The third-order valence-electron chi connectivity index (χ3n) is 2.69. The molecule has 1 aromatic carbocycles. The van der Waals surface area contributed by atoms with Crippen molar-refractivity contribution in [2.75, 3.05) is 19.8 Å². The second-order valence-corrected chi connectivity index (χ2v) is 7.43. The van der Waals surface area contributed by atoms with Crippen LogP contribution < -0.4 is 0 Å². The van der Waals surface area contributed by atoms with Crippen molar-refractivity contribution in [1.29, 1.82) is 0 Å². The molecule has 0 radical (unpaired) electrons. The molecule has 1 rings (SSSR count). The molecule has 3 nitrogen and oxygen atoms in total. The second-order valence-electron chi connectivity index (χ2n) is 4.49. The number of hydrogen-bond donors (Lipinski definition) is 0. The molecule has 130 valence electrons. The van der Waals surface area contributed by atoms with Crippen molar-refractivity contribution in [3.63, 3.8) is 0 Å². The van der Waals surface area contributed by atoms with Gasteiger partial charge in [0.1, 0.15) is 0 Å². The van der Waals surface area contributed by atoms with Gasteiger partial charge in [-0.1, -0.05) is 70.0 Å². The molecule has 0 unspecified atom stereocenters. The maximum Gasteiger partial charge on any atom is 0.500 e. The van der Waals surface area contributed by atoms with Gasteiger partial charge in [0, 0.05) is 25.9 Å². The fraction of sp³-hybridized carbons (Fsp3) is 0.667. The number of hydrogen-bond acceptors (Lipinski definition) is 3. The minimum Gasteiger partial charge on any atom is -0.374 e. The Morgan fingerprint density at radius 1 is 0.545 bits per heavy atom. The lowest BCUT2D eigenvalue weighted by Crippen LogP contribution is -2.45. The molecule has 0 atom stereocenters. The van der Waals surface area contributed by atoms with Crippen LogP contribution in [0.5, 0.6) is 0 Å². The molecule has 0 aliphatic heterocycles. The molecule has 0 bridgehead atoms. The molecule has 0 spiro atoms. The molecule has 22 heavy (non-hydrogen) atoms. The Balaban J connectivity index is 0. The van der Waals surface area contributed by atoms with E-state index in [4.69, 9.17) is 13.3 Å². The second kappa shape index (κ2) is 18.4. The van der Waals surface area contributed by atoms with Crippen LogP contribution in [0.25, 0.3) is 0 Å². The first-order valence-electron chi connectivity index (χ1n) is 8.57. The molecule has 1 aromatic rings. The van der Waals surface area contributed by atoms with E-state index in [-0.39, 0.29) is 0 Å². The van der Waals surface area contributed by atoms with E-state index < -0.39 is 8.80 Å². The monoisotopic (exact) mass is 328 g/mol. The molecule has 0 saturated carbocycles. The summed E-state index contributed by atoms with van der Waals surface area (Å²) in [6, 6.07) is 12.8. The molecule has 0 amide bonds. The highest BCUT2D eigenvalue weighted by atomic mass is 28.4. The van der Waals surface area contributed by atoms with E-state index in [1.165, 1.54) is 12.8 Å². The summed E-state index contributed by atoms with van der Waals surface area (Å²) in [6.45, 7) is 14.3. The van der Waals surface area contributed by atoms with Crippen molar-refractivity contribution in [2.24, 2.45) is 0 Å². The average molecular weight is 329 g/mol. The van der Waals surface area contributed by atoms with Gasteiger partial charge in [-0.05, 0) is 20.8 Å². The summed E-state index contributed by atoms with van der Waals surface area (Å²) in [5.74, 6) is 0. The van der Waals surface area contributed by atoms with Crippen LogP contribution in [0.4, 0.5) is 0 Å². The maximum absolute atomic E-state index is 5.55. The van der Waals surface area contributed by atoms with Gasteiger partial charge in [0.25, 0.3) is 0 Å². The number of unbranched alkanes of at least 4 members (excludes halogenated alkanes) is 1. The Morgan fingerprint density at radius 3 is 0.955 bits per heavy atom. The zero-order valence-electron chi connectivity index (χ0n) is 15.4. The van der Waals surface area contributed by atoms with Gasteiger partial charge < -0.3 is 13.3 Å². The van der Waals surface area contributed by atoms with Crippen LogP contribution in [-0.2, 0) is 13.3 Å². The van der Waals surface area contributed by atoms with Crippen molar-refractivity contribution in [3.8, 4) is 0 Å². The fourth-order valence-corrected chi connectivity index (χ4v) is 3.66. The van der Waals surface area contributed by atoms with E-state index >= 15 is 0 Å². The van der Waals surface area contributed by atoms with Gasteiger partial charge in [-0.25, -0.2) is 0 Å². The zero-order valence-corrected chi connectivity index (χ0v) is 16.4. The van der Waals surface area contributed by atoms with Crippen LogP contribution in [0.3, 0.4) is 0 Å². The first kappa shape index (κ1) is 23.6. The van der Waals surface area contributed by atoms with Crippen molar-refractivity contribution in [2.45, 2.75) is 60.4 Å². The summed E-state index contributed by atoms with van der Waals surface area (Å²) in [5, 5.41) is 0. The predicted octanol–water partition coefficient (Wildman–Crippen LogP) is 5.55. The van der Waals surface area contributed by atoms with Crippen LogP contribution in [0, 0.1) is 0 Å². The van der Waals surface area contributed by atoms with Crippen molar-refractivity contribution in [1.82, 2.24) is 0 Å².